The van der Waals surface area contributed by atoms with Gasteiger partial charge in [-0.25, -0.2) is 8.42 Å². The Labute approximate surface area is 118 Å². The topological polar surface area (TPSA) is 51.2 Å². The fourth-order valence-electron chi connectivity index (χ4n) is 1.66. The predicted molar refractivity (Wildman–Crippen MR) is 78.3 cm³/mol. The van der Waals surface area contributed by atoms with E-state index in [4.69, 9.17) is 0 Å². The van der Waals surface area contributed by atoms with Crippen molar-refractivity contribution < 1.29 is 13.2 Å². The van der Waals surface area contributed by atoms with Crippen LogP contribution in [0.4, 0.5) is 0 Å². The van der Waals surface area contributed by atoms with Gasteiger partial charge in [0.15, 0.2) is 15.6 Å². The molecule has 2 aromatic carbocycles. The first-order chi connectivity index (χ1) is 9.49. The molecular weight excluding hydrogens is 272 g/mol. The molecule has 0 saturated heterocycles. The molecular formula is C16H14O3S. The third-order valence-electron chi connectivity index (χ3n) is 2.81. The Morgan fingerprint density at radius 1 is 0.950 bits per heavy atom. The summed E-state index contributed by atoms with van der Waals surface area (Å²) in [5.74, 6) is -0.332. The van der Waals surface area contributed by atoms with Crippen LogP contribution in [0.2, 0.25) is 0 Å². The largest absolute Gasteiger partial charge is 0.289 e. The van der Waals surface area contributed by atoms with Crippen LogP contribution >= 0.6 is 0 Å². The fraction of sp³-hybridized carbons (Fsp3) is 0.0625. The highest BCUT2D eigenvalue weighted by Crippen LogP contribution is 2.13. The number of hydrogen-bond acceptors (Lipinski definition) is 3. The molecule has 0 atom stereocenters. The van der Waals surface area contributed by atoms with E-state index in [1.165, 1.54) is 12.1 Å². The summed E-state index contributed by atoms with van der Waals surface area (Å²) in [6.45, 7) is 1.88. The summed E-state index contributed by atoms with van der Waals surface area (Å²) in [5.41, 5.74) is 1.44. The molecule has 3 nitrogen and oxygen atoms in total. The molecule has 102 valence electrons. The molecule has 20 heavy (non-hydrogen) atoms. The number of ketones is 1. The van der Waals surface area contributed by atoms with Gasteiger partial charge in [-0.3, -0.25) is 4.79 Å². The predicted octanol–water partition coefficient (Wildman–Crippen LogP) is 3.17. The van der Waals surface area contributed by atoms with E-state index in [1.54, 1.807) is 42.5 Å². The molecule has 2 rings (SSSR count). The number of aryl methyl sites for hydroxylation is 1. The number of allylic oxidation sites excluding steroid dienone is 1. The van der Waals surface area contributed by atoms with Crippen molar-refractivity contribution in [2.45, 2.75) is 11.8 Å². The third kappa shape index (κ3) is 3.42. The maximum atomic E-state index is 12.0. The number of benzene rings is 2. The number of rotatable bonds is 4. The molecule has 2 aromatic rings. The Morgan fingerprint density at radius 2 is 1.55 bits per heavy atom. The highest BCUT2D eigenvalue weighted by Gasteiger charge is 2.10. The maximum Gasteiger partial charge on any atom is 0.199 e. The van der Waals surface area contributed by atoms with Gasteiger partial charge >= 0.3 is 0 Å². The second-order valence-electron chi connectivity index (χ2n) is 4.39. The van der Waals surface area contributed by atoms with Crippen molar-refractivity contribution in [1.82, 2.24) is 0 Å². The van der Waals surface area contributed by atoms with Crippen molar-refractivity contribution in [1.29, 1.82) is 0 Å². The molecule has 0 aliphatic carbocycles. The van der Waals surface area contributed by atoms with E-state index >= 15 is 0 Å². The van der Waals surface area contributed by atoms with Crippen molar-refractivity contribution in [3.63, 3.8) is 0 Å². The monoisotopic (exact) mass is 286 g/mol. The minimum absolute atomic E-state index is 0.181. The number of hydrogen-bond donors (Lipinski definition) is 0. The molecule has 0 radical (unpaired) electrons. The Kier molecular flexibility index (Phi) is 4.15. The lowest BCUT2D eigenvalue weighted by Gasteiger charge is -1.99. The zero-order valence-electron chi connectivity index (χ0n) is 11.0. The van der Waals surface area contributed by atoms with Gasteiger partial charge in [0, 0.05) is 11.0 Å². The fourth-order valence-corrected chi connectivity index (χ4v) is 2.63. The average Bonchev–Trinajstić information content (AvgIpc) is 2.46. The molecule has 0 unspecified atom stereocenters. The highest BCUT2D eigenvalue weighted by atomic mass is 32.2. The van der Waals surface area contributed by atoms with Crippen molar-refractivity contribution in [2.75, 3.05) is 0 Å². The zero-order chi connectivity index (χ0) is 14.6. The first kappa shape index (κ1) is 14.2. The quantitative estimate of drug-likeness (QED) is 0.641. The molecule has 0 bridgehead atoms. The average molecular weight is 286 g/mol. The smallest absolute Gasteiger partial charge is 0.199 e. The Morgan fingerprint density at radius 3 is 2.15 bits per heavy atom. The minimum atomic E-state index is -3.58. The second kappa shape index (κ2) is 5.84. The molecule has 0 aromatic heterocycles. The Bertz CT molecular complexity index is 727. The maximum absolute atomic E-state index is 12.0. The van der Waals surface area contributed by atoms with E-state index in [2.05, 4.69) is 0 Å². The van der Waals surface area contributed by atoms with E-state index < -0.39 is 9.84 Å². The number of carbonyl (C=O) groups excluding carboxylic acids is 1. The molecule has 4 heteroatoms. The van der Waals surface area contributed by atoms with E-state index in [0.717, 1.165) is 17.0 Å². The lowest BCUT2D eigenvalue weighted by molar-refractivity contribution is 0.104. The van der Waals surface area contributed by atoms with Crippen LogP contribution in [0.1, 0.15) is 15.9 Å². The molecule has 0 amide bonds. The Hall–Kier alpha value is -2.20. The number of carbonyl (C=O) groups is 1. The Balaban J connectivity index is 2.22. The van der Waals surface area contributed by atoms with Crippen LogP contribution in [0, 0.1) is 6.92 Å². The molecule has 0 fully saturated rings. The van der Waals surface area contributed by atoms with Crippen LogP contribution in [-0.4, -0.2) is 14.2 Å². The first-order valence-corrected chi connectivity index (χ1v) is 7.63. The van der Waals surface area contributed by atoms with Crippen LogP contribution in [0.15, 0.2) is 71.0 Å². The lowest BCUT2D eigenvalue weighted by Crippen LogP contribution is -1.99. The van der Waals surface area contributed by atoms with Crippen LogP contribution < -0.4 is 0 Å². The second-order valence-corrected chi connectivity index (χ2v) is 6.22. The minimum Gasteiger partial charge on any atom is -0.289 e. The van der Waals surface area contributed by atoms with Gasteiger partial charge < -0.3 is 0 Å². The van der Waals surface area contributed by atoms with Crippen LogP contribution in [-0.2, 0) is 9.84 Å². The van der Waals surface area contributed by atoms with Crippen molar-refractivity contribution in [3.05, 3.63) is 77.2 Å². The lowest BCUT2D eigenvalue weighted by atomic mass is 10.1. The third-order valence-corrected chi connectivity index (χ3v) is 4.23. The van der Waals surface area contributed by atoms with E-state index in [9.17, 15) is 13.2 Å². The van der Waals surface area contributed by atoms with E-state index in [1.807, 2.05) is 6.92 Å². The van der Waals surface area contributed by atoms with Crippen molar-refractivity contribution in [3.8, 4) is 0 Å². The summed E-state index contributed by atoms with van der Waals surface area (Å²) < 4.78 is 24.1. The zero-order valence-corrected chi connectivity index (χ0v) is 11.8. The van der Waals surface area contributed by atoms with E-state index in [0.29, 0.717) is 5.56 Å². The van der Waals surface area contributed by atoms with Gasteiger partial charge in [-0.05, 0) is 25.1 Å². The van der Waals surface area contributed by atoms with Gasteiger partial charge in [0.05, 0.1) is 4.90 Å². The standard InChI is InChI=1S/C16H14O3S/c1-13-7-9-15(10-8-13)20(18,19)12-11-16(17)14-5-3-2-4-6-14/h2-12H,1H3/b12-11+. The first-order valence-electron chi connectivity index (χ1n) is 6.08. The van der Waals surface area contributed by atoms with Gasteiger partial charge in [0.25, 0.3) is 0 Å². The van der Waals surface area contributed by atoms with Crippen LogP contribution in [0.25, 0.3) is 0 Å². The summed E-state index contributed by atoms with van der Waals surface area (Å²) in [6, 6.07) is 15.1. The summed E-state index contributed by atoms with van der Waals surface area (Å²) in [4.78, 5) is 12.0. The van der Waals surface area contributed by atoms with Crippen molar-refractivity contribution in [2.24, 2.45) is 0 Å². The van der Waals surface area contributed by atoms with Gasteiger partial charge in [0.2, 0.25) is 0 Å². The normalized spacial score (nSPS) is 11.7. The van der Waals surface area contributed by atoms with Crippen LogP contribution in [0.5, 0.6) is 0 Å². The van der Waals surface area contributed by atoms with Gasteiger partial charge in [-0.1, -0.05) is 48.0 Å². The summed E-state index contributed by atoms with van der Waals surface area (Å²) in [7, 11) is -3.58. The molecule has 0 saturated carbocycles. The van der Waals surface area contributed by atoms with E-state index in [-0.39, 0.29) is 10.7 Å². The van der Waals surface area contributed by atoms with Crippen molar-refractivity contribution >= 4 is 15.6 Å². The molecule has 0 aliphatic heterocycles. The highest BCUT2D eigenvalue weighted by molar-refractivity contribution is 7.94. The summed E-state index contributed by atoms with van der Waals surface area (Å²) in [5, 5.41) is 0.951. The summed E-state index contributed by atoms with van der Waals surface area (Å²) >= 11 is 0. The molecule has 0 spiro atoms. The molecule has 0 N–H and O–H groups in total. The van der Waals surface area contributed by atoms with Gasteiger partial charge in [0.1, 0.15) is 0 Å². The van der Waals surface area contributed by atoms with Crippen LogP contribution in [0.3, 0.4) is 0 Å². The molecule has 0 heterocycles. The van der Waals surface area contributed by atoms with Gasteiger partial charge in [-0.2, -0.15) is 0 Å². The number of sulfone groups is 1. The van der Waals surface area contributed by atoms with Gasteiger partial charge in [-0.15, -0.1) is 0 Å². The molecule has 0 aliphatic rings. The SMILES string of the molecule is Cc1ccc(S(=O)(=O)/C=C/C(=O)c2ccccc2)cc1. The summed E-state index contributed by atoms with van der Waals surface area (Å²) in [6.07, 6.45) is 1.09.